The van der Waals surface area contributed by atoms with Crippen LogP contribution in [0.1, 0.15) is 37.0 Å². The number of halogens is 1. The molecule has 0 aliphatic carbocycles. The van der Waals surface area contributed by atoms with Crippen molar-refractivity contribution in [2.24, 2.45) is 5.73 Å². The molecular weight excluding hydrogens is 250 g/mol. The Bertz CT molecular complexity index is 448. The molecule has 0 saturated heterocycles. The van der Waals surface area contributed by atoms with E-state index in [9.17, 15) is 4.79 Å². The summed E-state index contributed by atoms with van der Waals surface area (Å²) in [6, 6.07) is 3.48. The first-order valence-corrected chi connectivity index (χ1v) is 6.37. The van der Waals surface area contributed by atoms with Gasteiger partial charge in [0.2, 0.25) is 0 Å². The van der Waals surface area contributed by atoms with Gasteiger partial charge in [0, 0.05) is 18.8 Å². The summed E-state index contributed by atoms with van der Waals surface area (Å²) < 4.78 is 0. The number of amides is 1. The van der Waals surface area contributed by atoms with Crippen LogP contribution in [0.4, 0.5) is 11.4 Å². The number of nitrogens with zero attached hydrogens (tertiary/aromatic N) is 1. The summed E-state index contributed by atoms with van der Waals surface area (Å²) in [5, 5.41) is 0.453. The van der Waals surface area contributed by atoms with Crippen LogP contribution in [-0.4, -0.2) is 19.0 Å². The highest BCUT2D eigenvalue weighted by Gasteiger charge is 2.19. The van der Waals surface area contributed by atoms with Crippen LogP contribution in [0, 0.1) is 0 Å². The highest BCUT2D eigenvalue weighted by Crippen LogP contribution is 2.33. The molecule has 1 atom stereocenters. The monoisotopic (exact) mass is 269 g/mol. The third-order valence-corrected chi connectivity index (χ3v) is 3.36. The third kappa shape index (κ3) is 3.07. The van der Waals surface area contributed by atoms with Crippen LogP contribution in [0.2, 0.25) is 5.02 Å². The standard InChI is InChI=1S/C13H20ClN3O/c1-4-5-8(2)17(3)12-10(13(16)18)6-9(15)7-11(12)14/h6-8H,4-5,15H2,1-3H3,(H2,16,18). The lowest BCUT2D eigenvalue weighted by atomic mass is 10.1. The first kappa shape index (κ1) is 14.6. The molecule has 1 rings (SSSR count). The van der Waals surface area contributed by atoms with Crippen LogP contribution >= 0.6 is 11.6 Å². The fraction of sp³-hybridized carbons (Fsp3) is 0.462. The molecule has 1 amide bonds. The zero-order valence-electron chi connectivity index (χ0n) is 11.0. The molecule has 0 fully saturated rings. The lowest BCUT2D eigenvalue weighted by Gasteiger charge is -2.29. The number of carbonyl (C=O) groups excluding carboxylic acids is 1. The van der Waals surface area contributed by atoms with E-state index in [0.717, 1.165) is 12.8 Å². The summed E-state index contributed by atoms with van der Waals surface area (Å²) in [6.07, 6.45) is 2.07. The van der Waals surface area contributed by atoms with Crippen molar-refractivity contribution in [3.05, 3.63) is 22.7 Å². The quantitative estimate of drug-likeness (QED) is 0.807. The van der Waals surface area contributed by atoms with Crippen LogP contribution in [0.3, 0.4) is 0 Å². The lowest BCUT2D eigenvalue weighted by molar-refractivity contribution is 0.100. The molecule has 1 aromatic rings. The van der Waals surface area contributed by atoms with E-state index in [0.29, 0.717) is 22.0 Å². The van der Waals surface area contributed by atoms with E-state index in [1.807, 2.05) is 11.9 Å². The van der Waals surface area contributed by atoms with Crippen molar-refractivity contribution in [3.63, 3.8) is 0 Å². The molecule has 0 saturated carbocycles. The molecule has 0 radical (unpaired) electrons. The van der Waals surface area contributed by atoms with E-state index in [-0.39, 0.29) is 6.04 Å². The van der Waals surface area contributed by atoms with Crippen molar-refractivity contribution >= 4 is 28.9 Å². The number of hydrogen-bond donors (Lipinski definition) is 2. The molecule has 0 aliphatic heterocycles. The zero-order chi connectivity index (χ0) is 13.9. The molecule has 18 heavy (non-hydrogen) atoms. The fourth-order valence-electron chi connectivity index (χ4n) is 2.00. The van der Waals surface area contributed by atoms with Crippen molar-refractivity contribution in [1.29, 1.82) is 0 Å². The number of nitrogens with two attached hydrogens (primary N) is 2. The Balaban J connectivity index is 3.25. The molecule has 0 spiro atoms. The molecule has 4 nitrogen and oxygen atoms in total. The number of nitrogen functional groups attached to an aromatic ring is 1. The van der Waals surface area contributed by atoms with Gasteiger partial charge in [-0.1, -0.05) is 24.9 Å². The topological polar surface area (TPSA) is 72.3 Å². The van der Waals surface area contributed by atoms with Crippen LogP contribution < -0.4 is 16.4 Å². The van der Waals surface area contributed by atoms with Crippen molar-refractivity contribution < 1.29 is 4.79 Å². The van der Waals surface area contributed by atoms with Gasteiger partial charge in [-0.15, -0.1) is 0 Å². The van der Waals surface area contributed by atoms with Gasteiger partial charge in [0.15, 0.2) is 0 Å². The van der Waals surface area contributed by atoms with Gasteiger partial charge in [-0.25, -0.2) is 0 Å². The molecule has 5 heteroatoms. The predicted molar refractivity (Wildman–Crippen MR) is 77.2 cm³/mol. The van der Waals surface area contributed by atoms with Crippen LogP contribution in [0.5, 0.6) is 0 Å². The van der Waals surface area contributed by atoms with Crippen LogP contribution in [0.15, 0.2) is 12.1 Å². The Kier molecular flexibility index (Phi) is 4.84. The zero-order valence-corrected chi connectivity index (χ0v) is 11.8. The molecular formula is C13H20ClN3O. The Morgan fingerprint density at radius 2 is 2.11 bits per heavy atom. The minimum absolute atomic E-state index is 0.272. The smallest absolute Gasteiger partial charge is 0.250 e. The maximum absolute atomic E-state index is 11.5. The van der Waals surface area contributed by atoms with Gasteiger partial charge >= 0.3 is 0 Å². The Morgan fingerprint density at radius 3 is 2.61 bits per heavy atom. The second kappa shape index (κ2) is 5.96. The predicted octanol–water partition coefficient (Wildman–Crippen LogP) is 2.65. The molecule has 0 aromatic heterocycles. The van der Waals surface area contributed by atoms with Gasteiger partial charge < -0.3 is 16.4 Å². The molecule has 4 N–H and O–H groups in total. The Hall–Kier alpha value is -1.42. The SMILES string of the molecule is CCCC(C)N(C)c1c(Cl)cc(N)cc1C(N)=O. The van der Waals surface area contributed by atoms with Crippen molar-refractivity contribution in [2.75, 3.05) is 17.7 Å². The van der Waals surface area contributed by atoms with E-state index in [4.69, 9.17) is 23.1 Å². The molecule has 100 valence electrons. The van der Waals surface area contributed by atoms with Gasteiger partial charge in [0.05, 0.1) is 16.3 Å². The highest BCUT2D eigenvalue weighted by atomic mass is 35.5. The average Bonchev–Trinajstić information content (AvgIpc) is 2.27. The average molecular weight is 270 g/mol. The summed E-state index contributed by atoms with van der Waals surface area (Å²) in [5.41, 5.74) is 12.5. The number of benzene rings is 1. The van der Waals surface area contributed by atoms with Crippen LogP contribution in [-0.2, 0) is 0 Å². The minimum Gasteiger partial charge on any atom is -0.399 e. The number of anilines is 2. The van der Waals surface area contributed by atoms with Gasteiger partial charge in [0.25, 0.3) is 5.91 Å². The van der Waals surface area contributed by atoms with E-state index in [2.05, 4.69) is 13.8 Å². The fourth-order valence-corrected chi connectivity index (χ4v) is 2.36. The number of hydrogen-bond acceptors (Lipinski definition) is 3. The van der Waals surface area contributed by atoms with Gasteiger partial charge in [-0.3, -0.25) is 4.79 Å². The molecule has 0 bridgehead atoms. The number of primary amides is 1. The van der Waals surface area contributed by atoms with Gasteiger partial charge in [-0.2, -0.15) is 0 Å². The number of rotatable bonds is 5. The summed E-state index contributed by atoms with van der Waals surface area (Å²) >= 11 is 6.19. The molecule has 1 aromatic carbocycles. The van der Waals surface area contributed by atoms with E-state index in [1.54, 1.807) is 12.1 Å². The Labute approximate surface area is 113 Å². The maximum atomic E-state index is 11.5. The minimum atomic E-state index is -0.519. The van der Waals surface area contributed by atoms with Crippen molar-refractivity contribution in [3.8, 4) is 0 Å². The summed E-state index contributed by atoms with van der Waals surface area (Å²) in [6.45, 7) is 4.20. The van der Waals surface area contributed by atoms with Gasteiger partial charge in [0.1, 0.15) is 0 Å². The third-order valence-electron chi connectivity index (χ3n) is 3.07. The summed E-state index contributed by atoms with van der Waals surface area (Å²) in [5.74, 6) is -0.519. The van der Waals surface area contributed by atoms with E-state index in [1.165, 1.54) is 0 Å². The first-order valence-electron chi connectivity index (χ1n) is 6.00. The normalized spacial score (nSPS) is 12.2. The Morgan fingerprint density at radius 1 is 1.50 bits per heavy atom. The molecule has 0 aliphatic rings. The van der Waals surface area contributed by atoms with Gasteiger partial charge in [-0.05, 0) is 25.5 Å². The number of carbonyl (C=O) groups is 1. The summed E-state index contributed by atoms with van der Waals surface area (Å²) in [4.78, 5) is 13.5. The van der Waals surface area contributed by atoms with Crippen molar-refractivity contribution in [1.82, 2.24) is 0 Å². The lowest BCUT2D eigenvalue weighted by Crippen LogP contribution is -2.31. The first-order chi connectivity index (χ1) is 8.38. The molecule has 0 heterocycles. The van der Waals surface area contributed by atoms with E-state index < -0.39 is 5.91 Å². The largest absolute Gasteiger partial charge is 0.399 e. The van der Waals surface area contributed by atoms with Crippen LogP contribution in [0.25, 0.3) is 0 Å². The second-order valence-corrected chi connectivity index (χ2v) is 4.92. The summed E-state index contributed by atoms with van der Waals surface area (Å²) in [7, 11) is 1.91. The molecule has 1 unspecified atom stereocenters. The second-order valence-electron chi connectivity index (χ2n) is 4.51. The van der Waals surface area contributed by atoms with Crippen molar-refractivity contribution in [2.45, 2.75) is 32.7 Å². The maximum Gasteiger partial charge on any atom is 0.250 e. The highest BCUT2D eigenvalue weighted by molar-refractivity contribution is 6.34. The van der Waals surface area contributed by atoms with E-state index >= 15 is 0 Å².